The second-order valence-corrected chi connectivity index (χ2v) is 3.58. The van der Waals surface area contributed by atoms with Crippen LogP contribution in [-0.2, 0) is 4.79 Å². The van der Waals surface area contributed by atoms with E-state index < -0.39 is 5.24 Å². The maximum atomic E-state index is 10.6. The van der Waals surface area contributed by atoms with E-state index >= 15 is 0 Å². The van der Waals surface area contributed by atoms with Gasteiger partial charge in [0.1, 0.15) is 0 Å². The van der Waals surface area contributed by atoms with Crippen molar-refractivity contribution in [1.82, 2.24) is 0 Å². The van der Waals surface area contributed by atoms with Gasteiger partial charge in [0.05, 0.1) is 13.2 Å². The molecule has 0 bridgehead atoms. The monoisotopic (exact) mass is 254 g/mol. The Balaban J connectivity index is 2.95. The van der Waals surface area contributed by atoms with E-state index in [2.05, 4.69) is 0 Å². The molecule has 0 heterocycles. The number of halogens is 1. The fourth-order valence-electron chi connectivity index (χ4n) is 1.33. The largest absolute Gasteiger partial charge is 0.490 e. The van der Waals surface area contributed by atoms with Crippen LogP contribution < -0.4 is 9.47 Å². The van der Waals surface area contributed by atoms with E-state index in [9.17, 15) is 4.79 Å². The van der Waals surface area contributed by atoms with Gasteiger partial charge in [-0.15, -0.1) is 0 Å². The number of allylic oxidation sites excluding steroid dienone is 1. The molecule has 0 amide bonds. The van der Waals surface area contributed by atoms with Crippen molar-refractivity contribution in [1.29, 1.82) is 0 Å². The Kier molecular flexibility index (Phi) is 5.57. The van der Waals surface area contributed by atoms with Gasteiger partial charge in [0.25, 0.3) is 0 Å². The van der Waals surface area contributed by atoms with E-state index in [1.807, 2.05) is 32.0 Å². The maximum absolute atomic E-state index is 10.6. The van der Waals surface area contributed by atoms with E-state index in [0.29, 0.717) is 24.7 Å². The fourth-order valence-corrected chi connectivity index (χ4v) is 1.40. The lowest BCUT2D eigenvalue weighted by molar-refractivity contribution is -0.107. The summed E-state index contributed by atoms with van der Waals surface area (Å²) in [6.07, 6.45) is 2.93. The van der Waals surface area contributed by atoms with Crippen LogP contribution in [0.1, 0.15) is 19.4 Å². The fraction of sp³-hybridized carbons (Fsp3) is 0.308. The normalized spacial score (nSPS) is 10.5. The van der Waals surface area contributed by atoms with Crippen molar-refractivity contribution in [3.05, 3.63) is 29.8 Å². The Hall–Kier alpha value is -1.48. The molecule has 1 aromatic rings. The lowest BCUT2D eigenvalue weighted by Crippen LogP contribution is -1.98. The molecule has 3 nitrogen and oxygen atoms in total. The van der Waals surface area contributed by atoms with Crippen molar-refractivity contribution >= 4 is 22.9 Å². The highest BCUT2D eigenvalue weighted by Crippen LogP contribution is 2.28. The molecule has 0 radical (unpaired) electrons. The Morgan fingerprint density at radius 3 is 2.47 bits per heavy atom. The molecule has 17 heavy (non-hydrogen) atoms. The van der Waals surface area contributed by atoms with Crippen molar-refractivity contribution < 1.29 is 14.3 Å². The smallest absolute Gasteiger partial charge is 0.245 e. The van der Waals surface area contributed by atoms with Gasteiger partial charge in [-0.05, 0) is 49.2 Å². The molecule has 0 aliphatic rings. The Morgan fingerprint density at radius 1 is 1.24 bits per heavy atom. The van der Waals surface area contributed by atoms with Gasteiger partial charge >= 0.3 is 0 Å². The third-order valence-corrected chi connectivity index (χ3v) is 2.10. The van der Waals surface area contributed by atoms with Gasteiger partial charge in [0, 0.05) is 0 Å². The lowest BCUT2D eigenvalue weighted by Gasteiger charge is -2.11. The van der Waals surface area contributed by atoms with Crippen molar-refractivity contribution in [3.63, 3.8) is 0 Å². The molecular formula is C13H15ClO3. The first kappa shape index (κ1) is 13.6. The summed E-state index contributed by atoms with van der Waals surface area (Å²) in [5.74, 6) is 1.36. The number of ether oxygens (including phenoxy) is 2. The van der Waals surface area contributed by atoms with Crippen LogP contribution in [0.2, 0.25) is 0 Å². The predicted molar refractivity (Wildman–Crippen MR) is 68.7 cm³/mol. The van der Waals surface area contributed by atoms with E-state index in [1.54, 1.807) is 6.08 Å². The minimum absolute atomic E-state index is 0.503. The summed E-state index contributed by atoms with van der Waals surface area (Å²) in [6.45, 7) is 4.95. The minimum Gasteiger partial charge on any atom is -0.490 e. The van der Waals surface area contributed by atoms with Crippen LogP contribution in [-0.4, -0.2) is 18.5 Å². The van der Waals surface area contributed by atoms with Crippen molar-refractivity contribution in [2.45, 2.75) is 13.8 Å². The molecule has 1 aromatic carbocycles. The van der Waals surface area contributed by atoms with E-state index in [1.165, 1.54) is 6.08 Å². The van der Waals surface area contributed by atoms with Gasteiger partial charge in [-0.25, -0.2) is 0 Å². The van der Waals surface area contributed by atoms with Crippen LogP contribution in [0.15, 0.2) is 24.3 Å². The van der Waals surface area contributed by atoms with Crippen LogP contribution in [0, 0.1) is 0 Å². The van der Waals surface area contributed by atoms with Crippen LogP contribution >= 0.6 is 11.6 Å². The summed E-state index contributed by atoms with van der Waals surface area (Å²) >= 11 is 5.23. The Morgan fingerprint density at radius 2 is 1.88 bits per heavy atom. The van der Waals surface area contributed by atoms with Gasteiger partial charge in [-0.2, -0.15) is 0 Å². The third-order valence-electron chi connectivity index (χ3n) is 1.97. The number of benzene rings is 1. The predicted octanol–water partition coefficient (Wildman–Crippen LogP) is 3.26. The molecular weight excluding hydrogens is 240 g/mol. The summed E-state index contributed by atoms with van der Waals surface area (Å²) in [6, 6.07) is 5.46. The standard InChI is InChI=1S/C13H15ClO3/c1-3-16-11-7-5-10(6-8-13(14)15)9-12(11)17-4-2/h5-9H,3-4H2,1-2H3/b8-6+. The summed E-state index contributed by atoms with van der Waals surface area (Å²) < 4.78 is 10.9. The van der Waals surface area contributed by atoms with Gasteiger partial charge in [-0.3, -0.25) is 4.79 Å². The molecule has 1 rings (SSSR count). The number of hydrogen-bond donors (Lipinski definition) is 0. The zero-order chi connectivity index (χ0) is 12.7. The molecule has 0 saturated heterocycles. The highest BCUT2D eigenvalue weighted by molar-refractivity contribution is 6.66. The molecule has 0 atom stereocenters. The average Bonchev–Trinajstić information content (AvgIpc) is 2.30. The van der Waals surface area contributed by atoms with Gasteiger partial charge in [0.15, 0.2) is 11.5 Å². The molecule has 0 fully saturated rings. The van der Waals surface area contributed by atoms with Crippen molar-refractivity contribution in [2.75, 3.05) is 13.2 Å². The maximum Gasteiger partial charge on any atom is 0.245 e. The Labute approximate surface area is 106 Å². The van der Waals surface area contributed by atoms with Gasteiger partial charge in [0.2, 0.25) is 5.24 Å². The molecule has 0 spiro atoms. The van der Waals surface area contributed by atoms with E-state index in [-0.39, 0.29) is 0 Å². The number of hydrogen-bond acceptors (Lipinski definition) is 3. The SMILES string of the molecule is CCOc1ccc(/C=C/C(=O)Cl)cc1OCC. The molecule has 0 N–H and O–H groups in total. The van der Waals surface area contributed by atoms with Crippen LogP contribution in [0.3, 0.4) is 0 Å². The van der Waals surface area contributed by atoms with E-state index in [0.717, 1.165) is 5.56 Å². The van der Waals surface area contributed by atoms with Gasteiger partial charge < -0.3 is 9.47 Å². The lowest BCUT2D eigenvalue weighted by atomic mass is 10.2. The number of carbonyl (C=O) groups is 1. The topological polar surface area (TPSA) is 35.5 Å². The third kappa shape index (κ3) is 4.49. The summed E-state index contributed by atoms with van der Waals surface area (Å²) in [7, 11) is 0. The summed E-state index contributed by atoms with van der Waals surface area (Å²) in [4.78, 5) is 10.6. The number of carbonyl (C=O) groups excluding carboxylic acids is 1. The first-order valence-corrected chi connectivity index (χ1v) is 5.82. The zero-order valence-electron chi connectivity index (χ0n) is 9.90. The van der Waals surface area contributed by atoms with Crippen molar-refractivity contribution in [2.24, 2.45) is 0 Å². The first-order valence-electron chi connectivity index (χ1n) is 5.44. The highest BCUT2D eigenvalue weighted by Gasteiger charge is 2.04. The quantitative estimate of drug-likeness (QED) is 0.577. The van der Waals surface area contributed by atoms with Gasteiger partial charge in [-0.1, -0.05) is 12.1 Å². The highest BCUT2D eigenvalue weighted by atomic mass is 35.5. The summed E-state index contributed by atoms with van der Waals surface area (Å²) in [5, 5.41) is -0.503. The molecule has 0 unspecified atom stereocenters. The second-order valence-electron chi connectivity index (χ2n) is 3.21. The molecule has 0 aliphatic carbocycles. The van der Waals surface area contributed by atoms with Crippen molar-refractivity contribution in [3.8, 4) is 11.5 Å². The van der Waals surface area contributed by atoms with Crippen LogP contribution in [0.25, 0.3) is 6.08 Å². The molecule has 0 aliphatic heterocycles. The minimum atomic E-state index is -0.503. The van der Waals surface area contributed by atoms with Crippen LogP contribution in [0.4, 0.5) is 0 Å². The molecule has 0 saturated carbocycles. The molecule has 0 aromatic heterocycles. The summed E-state index contributed by atoms with van der Waals surface area (Å²) in [5.41, 5.74) is 0.839. The second kappa shape index (κ2) is 6.97. The molecule has 4 heteroatoms. The van der Waals surface area contributed by atoms with E-state index in [4.69, 9.17) is 21.1 Å². The Bertz CT molecular complexity index is 413. The first-order chi connectivity index (χ1) is 8.17. The average molecular weight is 255 g/mol. The van der Waals surface area contributed by atoms with Crippen LogP contribution in [0.5, 0.6) is 11.5 Å². The molecule has 92 valence electrons. The number of rotatable bonds is 6. The zero-order valence-corrected chi connectivity index (χ0v) is 10.7.